The Labute approximate surface area is 111 Å². The van der Waals surface area contributed by atoms with E-state index in [9.17, 15) is 14.4 Å². The van der Waals surface area contributed by atoms with E-state index in [0.717, 1.165) is 0 Å². The molecule has 19 heavy (non-hydrogen) atoms. The van der Waals surface area contributed by atoms with Gasteiger partial charge in [0, 0.05) is 5.56 Å². The maximum absolute atomic E-state index is 12.3. The summed E-state index contributed by atoms with van der Waals surface area (Å²) in [7, 11) is 0. The number of ether oxygens (including phenoxy) is 1. The lowest BCUT2D eigenvalue weighted by Gasteiger charge is -2.13. The van der Waals surface area contributed by atoms with Crippen LogP contribution in [0, 0.1) is 5.92 Å². The lowest BCUT2D eigenvalue weighted by Crippen LogP contribution is -2.27. The molecule has 0 bridgehead atoms. The number of carbonyl (C=O) groups is 3. The molecule has 0 spiro atoms. The third-order valence-corrected chi connectivity index (χ3v) is 2.72. The molecule has 0 aliphatic rings. The van der Waals surface area contributed by atoms with Crippen molar-refractivity contribution in [3.8, 4) is 0 Å². The largest absolute Gasteiger partial charge is 0.478 e. The Kier molecular flexibility index (Phi) is 5.23. The first kappa shape index (κ1) is 14.9. The predicted octanol–water partition coefficient (Wildman–Crippen LogP) is 2.16. The number of carbonyl (C=O) groups excluding carboxylic acids is 2. The third-order valence-electron chi connectivity index (χ3n) is 2.72. The second-order valence-electron chi connectivity index (χ2n) is 3.93. The van der Waals surface area contributed by atoms with Gasteiger partial charge in [-0.05, 0) is 19.4 Å². The van der Waals surface area contributed by atoms with Gasteiger partial charge in [0.05, 0.1) is 12.2 Å². The average Bonchev–Trinajstić information content (AvgIpc) is 2.39. The molecule has 5 nitrogen and oxygen atoms in total. The van der Waals surface area contributed by atoms with E-state index in [4.69, 9.17) is 9.84 Å². The fraction of sp³-hybridized carbons (Fsp3) is 0.357. The van der Waals surface area contributed by atoms with Gasteiger partial charge in [-0.25, -0.2) is 4.79 Å². The first-order chi connectivity index (χ1) is 9.02. The Balaban J connectivity index is 3.11. The molecule has 1 unspecified atom stereocenters. The topological polar surface area (TPSA) is 80.7 Å². The van der Waals surface area contributed by atoms with E-state index in [1.165, 1.54) is 18.2 Å². The molecular formula is C14H16O5. The maximum Gasteiger partial charge on any atom is 0.336 e. The van der Waals surface area contributed by atoms with Crippen LogP contribution < -0.4 is 0 Å². The van der Waals surface area contributed by atoms with E-state index < -0.39 is 23.6 Å². The van der Waals surface area contributed by atoms with Gasteiger partial charge in [0.25, 0.3) is 0 Å². The summed E-state index contributed by atoms with van der Waals surface area (Å²) in [4.78, 5) is 35.0. The van der Waals surface area contributed by atoms with E-state index in [1.807, 2.05) is 0 Å². The highest BCUT2D eigenvalue weighted by Crippen LogP contribution is 2.18. The van der Waals surface area contributed by atoms with Gasteiger partial charge in [0.15, 0.2) is 5.78 Å². The van der Waals surface area contributed by atoms with Gasteiger partial charge in [-0.3, -0.25) is 9.59 Å². The summed E-state index contributed by atoms with van der Waals surface area (Å²) in [6.45, 7) is 3.52. The first-order valence-electron chi connectivity index (χ1n) is 6.06. The molecule has 0 saturated heterocycles. The molecule has 0 fully saturated rings. The lowest BCUT2D eigenvalue weighted by molar-refractivity contribution is -0.146. The van der Waals surface area contributed by atoms with Crippen molar-refractivity contribution in [2.24, 2.45) is 5.92 Å². The minimum Gasteiger partial charge on any atom is -0.478 e. The van der Waals surface area contributed by atoms with Crippen LogP contribution in [0.4, 0.5) is 0 Å². The van der Waals surface area contributed by atoms with Gasteiger partial charge in [0.2, 0.25) is 0 Å². The van der Waals surface area contributed by atoms with Crippen molar-refractivity contribution >= 4 is 17.7 Å². The van der Waals surface area contributed by atoms with Gasteiger partial charge in [-0.1, -0.05) is 25.1 Å². The van der Waals surface area contributed by atoms with Crippen LogP contribution in [-0.2, 0) is 9.53 Å². The van der Waals surface area contributed by atoms with Crippen LogP contribution in [0.15, 0.2) is 24.3 Å². The number of esters is 1. The van der Waals surface area contributed by atoms with Crippen molar-refractivity contribution in [1.29, 1.82) is 0 Å². The van der Waals surface area contributed by atoms with E-state index in [1.54, 1.807) is 19.9 Å². The number of hydrogen-bond donors (Lipinski definition) is 1. The minimum absolute atomic E-state index is 0.0369. The van der Waals surface area contributed by atoms with Crippen molar-refractivity contribution in [2.75, 3.05) is 6.61 Å². The molecular weight excluding hydrogens is 248 g/mol. The summed E-state index contributed by atoms with van der Waals surface area (Å²) in [5, 5.41) is 9.04. The van der Waals surface area contributed by atoms with Crippen LogP contribution in [-0.4, -0.2) is 29.4 Å². The van der Waals surface area contributed by atoms with E-state index in [-0.39, 0.29) is 24.2 Å². The molecule has 5 heteroatoms. The molecule has 1 rings (SSSR count). The summed E-state index contributed by atoms with van der Waals surface area (Å²) in [6, 6.07) is 5.85. The second-order valence-corrected chi connectivity index (χ2v) is 3.93. The molecule has 1 aromatic rings. The molecule has 0 saturated carbocycles. The molecule has 0 amide bonds. The lowest BCUT2D eigenvalue weighted by atomic mass is 9.92. The number of rotatable bonds is 6. The van der Waals surface area contributed by atoms with Crippen molar-refractivity contribution in [2.45, 2.75) is 20.3 Å². The highest BCUT2D eigenvalue weighted by molar-refractivity contribution is 6.13. The zero-order valence-electron chi connectivity index (χ0n) is 10.9. The first-order valence-corrected chi connectivity index (χ1v) is 6.06. The van der Waals surface area contributed by atoms with E-state index in [0.29, 0.717) is 0 Å². The smallest absolute Gasteiger partial charge is 0.336 e. The highest BCUT2D eigenvalue weighted by atomic mass is 16.5. The van der Waals surface area contributed by atoms with Gasteiger partial charge in [0.1, 0.15) is 5.92 Å². The SMILES string of the molecule is CCOC(=O)C(CC)C(=O)c1ccccc1C(=O)O. The molecule has 0 radical (unpaired) electrons. The van der Waals surface area contributed by atoms with Crippen molar-refractivity contribution in [3.63, 3.8) is 0 Å². The van der Waals surface area contributed by atoms with Gasteiger partial charge < -0.3 is 9.84 Å². The predicted molar refractivity (Wildman–Crippen MR) is 68.1 cm³/mol. The van der Waals surface area contributed by atoms with Crippen molar-refractivity contribution in [3.05, 3.63) is 35.4 Å². The Bertz CT molecular complexity index is 492. The number of benzene rings is 1. The molecule has 0 aliphatic carbocycles. The summed E-state index contributed by atoms with van der Waals surface area (Å²) < 4.78 is 4.83. The Hall–Kier alpha value is -2.17. The van der Waals surface area contributed by atoms with Crippen molar-refractivity contribution < 1.29 is 24.2 Å². The summed E-state index contributed by atoms with van der Waals surface area (Å²) in [5.41, 5.74) is -0.0647. The number of ketones is 1. The standard InChI is InChI=1S/C14H16O5/c1-3-9(14(18)19-4-2)12(15)10-7-5-6-8-11(10)13(16)17/h5-9H,3-4H2,1-2H3,(H,16,17). The summed E-state index contributed by atoms with van der Waals surface area (Å²) in [6.07, 6.45) is 0.269. The van der Waals surface area contributed by atoms with Crippen molar-refractivity contribution in [1.82, 2.24) is 0 Å². The van der Waals surface area contributed by atoms with E-state index >= 15 is 0 Å². The Morgan fingerprint density at radius 1 is 1.16 bits per heavy atom. The number of carboxylic acids is 1. The fourth-order valence-electron chi connectivity index (χ4n) is 1.77. The second kappa shape index (κ2) is 6.68. The molecule has 1 aromatic carbocycles. The van der Waals surface area contributed by atoms with Gasteiger partial charge >= 0.3 is 11.9 Å². The molecule has 0 aliphatic heterocycles. The van der Waals surface area contributed by atoms with Crippen LogP contribution in [0.5, 0.6) is 0 Å². The minimum atomic E-state index is -1.19. The van der Waals surface area contributed by atoms with Gasteiger partial charge in [-0.2, -0.15) is 0 Å². The van der Waals surface area contributed by atoms with Crippen LogP contribution >= 0.6 is 0 Å². The zero-order chi connectivity index (χ0) is 14.4. The van der Waals surface area contributed by atoms with Crippen LogP contribution in [0.1, 0.15) is 41.0 Å². The zero-order valence-corrected chi connectivity index (χ0v) is 10.9. The molecule has 1 atom stereocenters. The Morgan fingerprint density at radius 3 is 2.21 bits per heavy atom. The molecule has 102 valence electrons. The monoisotopic (exact) mass is 264 g/mol. The quantitative estimate of drug-likeness (QED) is 0.483. The normalized spacial score (nSPS) is 11.7. The molecule has 0 aromatic heterocycles. The van der Waals surface area contributed by atoms with Gasteiger partial charge in [-0.15, -0.1) is 0 Å². The highest BCUT2D eigenvalue weighted by Gasteiger charge is 2.29. The summed E-state index contributed by atoms with van der Waals surface area (Å²) >= 11 is 0. The number of Topliss-reactive ketones (excluding diaryl/α,β-unsaturated/α-hetero) is 1. The molecule has 1 N–H and O–H groups in total. The van der Waals surface area contributed by atoms with Crippen LogP contribution in [0.2, 0.25) is 0 Å². The average molecular weight is 264 g/mol. The maximum atomic E-state index is 12.3. The fourth-order valence-corrected chi connectivity index (χ4v) is 1.77. The Morgan fingerprint density at radius 2 is 1.74 bits per heavy atom. The number of hydrogen-bond acceptors (Lipinski definition) is 4. The van der Waals surface area contributed by atoms with E-state index in [2.05, 4.69) is 0 Å². The number of aromatic carboxylic acids is 1. The molecule has 0 heterocycles. The van der Waals surface area contributed by atoms with Crippen LogP contribution in [0.3, 0.4) is 0 Å². The van der Waals surface area contributed by atoms with Crippen LogP contribution in [0.25, 0.3) is 0 Å². The summed E-state index contributed by atoms with van der Waals surface area (Å²) in [5.74, 6) is -3.28. The number of carboxylic acid groups (broad SMARTS) is 1. The third kappa shape index (κ3) is 3.40.